The summed E-state index contributed by atoms with van der Waals surface area (Å²) in [5, 5.41) is 18.6. The van der Waals surface area contributed by atoms with Crippen LogP contribution in [0.1, 0.15) is 24.0 Å². The summed E-state index contributed by atoms with van der Waals surface area (Å²) in [5.41, 5.74) is 3.18. The average Bonchev–Trinajstić information content (AvgIpc) is 2.30. The highest BCUT2D eigenvalue weighted by molar-refractivity contribution is 9.10. The van der Waals surface area contributed by atoms with Crippen molar-refractivity contribution in [3.63, 3.8) is 0 Å². The lowest BCUT2D eigenvalue weighted by Crippen LogP contribution is -2.11. The second kappa shape index (κ2) is 7.62. The maximum atomic E-state index is 8.78. The van der Waals surface area contributed by atoms with Crippen LogP contribution in [-0.2, 0) is 6.42 Å². The quantitative estimate of drug-likeness (QED) is 0.509. The third-order valence-electron chi connectivity index (χ3n) is 2.36. The molecule has 1 aromatic rings. The van der Waals surface area contributed by atoms with Crippen LogP contribution in [0.4, 0.5) is 0 Å². The van der Waals surface area contributed by atoms with E-state index in [1.807, 2.05) is 12.1 Å². The van der Waals surface area contributed by atoms with Gasteiger partial charge in [0.05, 0.1) is 5.71 Å². The fourth-order valence-corrected chi connectivity index (χ4v) is 2.14. The molecule has 2 rings (SSSR count). The van der Waals surface area contributed by atoms with Crippen molar-refractivity contribution < 1.29 is 10.4 Å². The van der Waals surface area contributed by atoms with Crippen LogP contribution in [0.2, 0.25) is 0 Å². The van der Waals surface area contributed by atoms with E-state index in [1.54, 1.807) is 0 Å². The van der Waals surface area contributed by atoms with Gasteiger partial charge in [-0.2, -0.15) is 0 Å². The molecule has 0 radical (unpaired) electrons. The molecule has 4 N–H and O–H groups in total. The molecule has 0 heterocycles. The van der Waals surface area contributed by atoms with Gasteiger partial charge < -0.3 is 10.4 Å². The van der Waals surface area contributed by atoms with Crippen molar-refractivity contribution in [1.82, 2.24) is 0 Å². The Hall–Kier alpha value is -0.620. The van der Waals surface area contributed by atoms with Crippen molar-refractivity contribution in [2.24, 2.45) is 11.1 Å². The van der Waals surface area contributed by atoms with Crippen LogP contribution in [0.3, 0.4) is 0 Å². The molecule has 0 unspecified atom stereocenters. The zero-order chi connectivity index (χ0) is 11.3. The van der Waals surface area contributed by atoms with Crippen molar-refractivity contribution >= 4 is 34.0 Å². The Morgan fingerprint density at radius 1 is 1.25 bits per heavy atom. The normalized spacial score (nSPS) is 15.6. The van der Waals surface area contributed by atoms with Gasteiger partial charge in [-0.05, 0) is 37.0 Å². The van der Waals surface area contributed by atoms with Gasteiger partial charge in [-0.3, -0.25) is 0 Å². The second-order valence-electron chi connectivity index (χ2n) is 3.20. The van der Waals surface area contributed by atoms with Gasteiger partial charge in [0.1, 0.15) is 0 Å². The van der Waals surface area contributed by atoms with Crippen molar-refractivity contribution in [1.29, 1.82) is 0 Å². The van der Waals surface area contributed by atoms with E-state index in [2.05, 4.69) is 33.0 Å². The van der Waals surface area contributed by atoms with Crippen molar-refractivity contribution in [3.8, 4) is 0 Å². The molecule has 90 valence electrons. The van der Waals surface area contributed by atoms with E-state index in [9.17, 15) is 0 Å². The summed E-state index contributed by atoms with van der Waals surface area (Å²) in [6.45, 7) is 0. The highest BCUT2D eigenvalue weighted by Crippen LogP contribution is 2.24. The lowest BCUT2D eigenvalue weighted by atomic mass is 9.90. The molecule has 16 heavy (non-hydrogen) atoms. The van der Waals surface area contributed by atoms with E-state index in [1.165, 1.54) is 5.56 Å². The van der Waals surface area contributed by atoms with E-state index in [0.29, 0.717) is 0 Å². The van der Waals surface area contributed by atoms with Crippen molar-refractivity contribution in [2.45, 2.75) is 19.3 Å². The Bertz CT molecular complexity index is 372. The van der Waals surface area contributed by atoms with Gasteiger partial charge in [-0.1, -0.05) is 27.2 Å². The first kappa shape index (κ1) is 15.4. The van der Waals surface area contributed by atoms with Crippen LogP contribution >= 0.6 is 28.3 Å². The smallest absolute Gasteiger partial charge is 0.0870 e. The molecule has 1 aliphatic rings. The number of aryl methyl sites for hydroxylation is 1. The Kier molecular flexibility index (Phi) is 7.33. The summed E-state index contributed by atoms with van der Waals surface area (Å²) in [6.07, 6.45) is 3.03. The number of oxime groups is 1. The minimum Gasteiger partial charge on any atom is -0.411 e. The van der Waals surface area contributed by atoms with E-state index >= 15 is 0 Å². The minimum atomic E-state index is 0. The lowest BCUT2D eigenvalue weighted by molar-refractivity contribution is 0.311. The van der Waals surface area contributed by atoms with Gasteiger partial charge in [-0.25, -0.2) is 5.90 Å². The third kappa shape index (κ3) is 3.45. The Balaban J connectivity index is 0.000000711. The zero-order valence-electron chi connectivity index (χ0n) is 8.56. The molecule has 0 fully saturated rings. The molecule has 0 bridgehead atoms. The molecule has 1 aliphatic carbocycles. The molecule has 0 atom stereocenters. The van der Waals surface area contributed by atoms with Gasteiger partial charge in [0.25, 0.3) is 0 Å². The van der Waals surface area contributed by atoms with Crippen LogP contribution < -0.4 is 5.90 Å². The largest absolute Gasteiger partial charge is 0.411 e. The summed E-state index contributed by atoms with van der Waals surface area (Å²) < 4.78 is 1.09. The molecule has 0 saturated carbocycles. The van der Waals surface area contributed by atoms with Crippen LogP contribution in [0, 0.1) is 0 Å². The van der Waals surface area contributed by atoms with Crippen molar-refractivity contribution in [2.75, 3.05) is 0 Å². The molecule has 0 saturated heterocycles. The average molecular weight is 310 g/mol. The molecule has 6 heteroatoms. The van der Waals surface area contributed by atoms with E-state index in [0.717, 1.165) is 35.0 Å². The van der Waals surface area contributed by atoms with Gasteiger partial charge in [-0.15, -0.1) is 12.4 Å². The maximum Gasteiger partial charge on any atom is 0.0870 e. The lowest BCUT2D eigenvalue weighted by Gasteiger charge is -2.16. The van der Waals surface area contributed by atoms with Gasteiger partial charge in [0.2, 0.25) is 0 Å². The van der Waals surface area contributed by atoms with E-state index in [4.69, 9.17) is 10.4 Å². The summed E-state index contributed by atoms with van der Waals surface area (Å²) in [7, 11) is 0. The summed E-state index contributed by atoms with van der Waals surface area (Å²) in [5.74, 6) is 3.50. The Labute approximate surface area is 109 Å². The van der Waals surface area contributed by atoms with Crippen LogP contribution in [0.15, 0.2) is 27.8 Å². The molecule has 4 nitrogen and oxygen atoms in total. The predicted molar refractivity (Wildman–Crippen MR) is 68.6 cm³/mol. The standard InChI is InChI=1S/C10H10BrNO.ClH.H3NO/c11-8-4-5-9-7(6-8)2-1-3-10(9)12-13;;1-2/h4-6,13H,1-3H2;1H;2H,1H2/b12-10+;;. The minimum absolute atomic E-state index is 0. The SMILES string of the molecule is Cl.NO.O/N=C1\CCCc2cc(Br)ccc21. The number of hydrogen-bond acceptors (Lipinski definition) is 4. The molecular formula is C10H14BrClN2O2. The molecule has 0 aliphatic heterocycles. The number of nitrogens with two attached hydrogens (primary N) is 1. The Morgan fingerprint density at radius 3 is 2.56 bits per heavy atom. The monoisotopic (exact) mass is 308 g/mol. The molecule has 0 amide bonds. The number of hydrogen-bond donors (Lipinski definition) is 3. The van der Waals surface area contributed by atoms with E-state index < -0.39 is 0 Å². The zero-order valence-corrected chi connectivity index (χ0v) is 11.0. The summed E-state index contributed by atoms with van der Waals surface area (Å²) in [6, 6.07) is 6.09. The van der Waals surface area contributed by atoms with Gasteiger partial charge >= 0.3 is 0 Å². The first-order valence-electron chi connectivity index (χ1n) is 4.57. The third-order valence-corrected chi connectivity index (χ3v) is 2.85. The summed E-state index contributed by atoms with van der Waals surface area (Å²) >= 11 is 3.43. The van der Waals surface area contributed by atoms with Crippen molar-refractivity contribution in [3.05, 3.63) is 33.8 Å². The first-order chi connectivity index (χ1) is 7.31. The Morgan fingerprint density at radius 2 is 1.94 bits per heavy atom. The fourth-order valence-electron chi connectivity index (χ4n) is 1.74. The van der Waals surface area contributed by atoms with Crippen LogP contribution in [0.5, 0.6) is 0 Å². The highest BCUT2D eigenvalue weighted by Gasteiger charge is 2.15. The number of halogens is 2. The molecule has 0 aromatic heterocycles. The first-order valence-corrected chi connectivity index (χ1v) is 5.36. The second-order valence-corrected chi connectivity index (χ2v) is 4.12. The highest BCUT2D eigenvalue weighted by atomic mass is 79.9. The number of benzene rings is 1. The van der Waals surface area contributed by atoms with Crippen LogP contribution in [0.25, 0.3) is 0 Å². The van der Waals surface area contributed by atoms with Gasteiger partial charge in [0, 0.05) is 10.0 Å². The van der Waals surface area contributed by atoms with Crippen LogP contribution in [-0.4, -0.2) is 16.1 Å². The summed E-state index contributed by atoms with van der Waals surface area (Å²) in [4.78, 5) is 0. The fraction of sp³-hybridized carbons (Fsp3) is 0.300. The van der Waals surface area contributed by atoms with Gasteiger partial charge in [0.15, 0.2) is 0 Å². The number of fused-ring (bicyclic) bond motifs is 1. The number of nitrogens with zero attached hydrogens (tertiary/aromatic N) is 1. The maximum absolute atomic E-state index is 8.78. The molecule has 1 aromatic carbocycles. The van der Waals surface area contributed by atoms with E-state index in [-0.39, 0.29) is 12.4 Å². The molecular weight excluding hydrogens is 295 g/mol. The topological polar surface area (TPSA) is 78.8 Å². The predicted octanol–water partition coefficient (Wildman–Crippen LogP) is 2.72. The molecule has 0 spiro atoms. The number of rotatable bonds is 0.